The molecule has 13 heteroatoms. The van der Waals surface area contributed by atoms with Crippen molar-refractivity contribution < 1.29 is 0 Å². The van der Waals surface area contributed by atoms with E-state index in [1.54, 1.807) is 10.8 Å². The number of pyridine rings is 2. The van der Waals surface area contributed by atoms with E-state index >= 15 is 0 Å². The Bertz CT molecular complexity index is 2010. The first-order chi connectivity index (χ1) is 21.8. The summed E-state index contributed by atoms with van der Waals surface area (Å²) in [5, 5.41) is 21.9. The highest BCUT2D eigenvalue weighted by atomic mass is 35.5. The molecule has 8 rings (SSSR count). The van der Waals surface area contributed by atoms with E-state index in [-0.39, 0.29) is 27.8 Å². The second-order valence-electron chi connectivity index (χ2n) is 15.4. The summed E-state index contributed by atoms with van der Waals surface area (Å²) in [4.78, 5) is 18.3. The normalized spacial score (nSPS) is 21.2. The van der Waals surface area contributed by atoms with E-state index in [0.29, 0.717) is 33.7 Å². The number of hydrogen-bond donors (Lipinski definition) is 4. The average Bonchev–Trinajstić information content (AvgIpc) is 3.41. The van der Waals surface area contributed by atoms with Gasteiger partial charge in [0.1, 0.15) is 29.6 Å². The van der Waals surface area contributed by atoms with Gasteiger partial charge < -0.3 is 20.6 Å². The maximum atomic E-state index is 13.7. The van der Waals surface area contributed by atoms with Crippen LogP contribution in [0.25, 0.3) is 21.7 Å². The van der Waals surface area contributed by atoms with Gasteiger partial charge in [-0.05, 0) is 71.0 Å². The highest BCUT2D eigenvalue weighted by Crippen LogP contribution is 2.60. The molecule has 1 atom stereocenters. The molecule has 3 fully saturated rings. The van der Waals surface area contributed by atoms with Gasteiger partial charge in [-0.1, -0.05) is 44.5 Å². The molecule has 0 spiro atoms. The molecule has 0 amide bonds. The van der Waals surface area contributed by atoms with Crippen LogP contribution in [-0.4, -0.2) is 50.2 Å². The van der Waals surface area contributed by atoms with Crippen molar-refractivity contribution in [3.05, 3.63) is 87.2 Å². The molecule has 4 aliphatic rings. The van der Waals surface area contributed by atoms with Crippen molar-refractivity contribution in [1.29, 1.82) is 5.26 Å². The lowest BCUT2D eigenvalue weighted by atomic mass is 9.49. The van der Waals surface area contributed by atoms with Gasteiger partial charge in [-0.15, -0.1) is 5.53 Å². The highest BCUT2D eigenvalue weighted by Gasteiger charge is 2.60. The number of hydrazine groups is 2. The molecule has 2 aromatic heterocycles. The number of benzene rings is 2. The number of aromatic nitrogens is 2. The van der Waals surface area contributed by atoms with Gasteiger partial charge in [0.15, 0.2) is 0 Å². The van der Waals surface area contributed by atoms with Crippen LogP contribution in [-0.2, 0) is 5.24 Å². The number of nitrogens with one attached hydrogen (secondary N) is 4. The first kappa shape index (κ1) is 30.6. The van der Waals surface area contributed by atoms with Crippen LogP contribution in [0.2, 0.25) is 5.02 Å². The van der Waals surface area contributed by atoms with Crippen LogP contribution in [0, 0.1) is 22.7 Å². The smallest absolute Gasteiger partial charge is 0.256 e. The molecule has 1 aliphatic heterocycles. The summed E-state index contributed by atoms with van der Waals surface area (Å²) in [5.74, 6) is 0.837. The number of hydrogen-bond acceptors (Lipinski definition) is 8. The molecule has 2 aromatic carbocycles. The zero-order valence-electron chi connectivity index (χ0n) is 27.3. The third-order valence-corrected chi connectivity index (χ3v) is 9.87. The summed E-state index contributed by atoms with van der Waals surface area (Å²) in [5.41, 5.74) is 11.5. The predicted molar refractivity (Wildman–Crippen MR) is 194 cm³/mol. The average molecular weight is 631 g/mol. The van der Waals surface area contributed by atoms with Gasteiger partial charge in [0.05, 0.1) is 39.1 Å². The molecule has 9 nitrogen and oxygen atoms in total. The van der Waals surface area contributed by atoms with E-state index in [2.05, 4.69) is 70.7 Å². The van der Waals surface area contributed by atoms with E-state index in [4.69, 9.17) is 11.6 Å². The van der Waals surface area contributed by atoms with Crippen LogP contribution in [0.15, 0.2) is 65.5 Å². The largest absolute Gasteiger partial charge is 0.383 e. The summed E-state index contributed by atoms with van der Waals surface area (Å²) in [6, 6.07) is 13.8. The molecule has 232 valence electrons. The van der Waals surface area contributed by atoms with Crippen molar-refractivity contribution in [1.82, 2.24) is 25.5 Å². The van der Waals surface area contributed by atoms with E-state index in [0.717, 1.165) is 33.6 Å². The van der Waals surface area contributed by atoms with Crippen molar-refractivity contribution >= 4 is 68.2 Å². The molecule has 3 aliphatic carbocycles. The van der Waals surface area contributed by atoms with E-state index in [1.807, 2.05) is 60.1 Å². The molecular weight excluding hydrogens is 592 g/mol. The molecule has 3 saturated carbocycles. The van der Waals surface area contributed by atoms with Crippen molar-refractivity contribution in [2.45, 2.75) is 56.9 Å². The van der Waals surface area contributed by atoms with Gasteiger partial charge in [-0.25, -0.2) is 0 Å². The van der Waals surface area contributed by atoms with E-state index in [9.17, 15) is 10.1 Å². The summed E-state index contributed by atoms with van der Waals surface area (Å²) in [6.45, 7) is 7.11. The third kappa shape index (κ3) is 5.20. The van der Waals surface area contributed by atoms with Gasteiger partial charge in [0.2, 0.25) is 0 Å². The van der Waals surface area contributed by atoms with E-state index in [1.165, 1.54) is 19.3 Å². The van der Waals surface area contributed by atoms with Crippen LogP contribution < -0.4 is 27.2 Å². The summed E-state index contributed by atoms with van der Waals surface area (Å²) in [6.07, 6.45) is 9.23. The molecule has 4 N–H and O–H groups in total. The monoisotopic (exact) mass is 630 g/mol. The third-order valence-electron chi connectivity index (χ3n) is 9.58. The maximum Gasteiger partial charge on any atom is 0.256 e. The summed E-state index contributed by atoms with van der Waals surface area (Å²) in [7, 11) is 6.11. The Hall–Kier alpha value is -4.07. The zero-order valence-corrected chi connectivity index (χ0v) is 28.0. The Balaban J connectivity index is 1.36. The Labute approximate surface area is 276 Å². The minimum atomic E-state index is -0.356. The fourth-order valence-corrected chi connectivity index (χ4v) is 7.27. The maximum absolute atomic E-state index is 13.7. The lowest BCUT2D eigenvalue weighted by Gasteiger charge is -2.64. The molecule has 0 saturated heterocycles. The minimum absolute atomic E-state index is 0.00706. The van der Waals surface area contributed by atoms with Crippen LogP contribution in [0.4, 0.5) is 11.4 Å². The van der Waals surface area contributed by atoms with Crippen molar-refractivity contribution in [2.75, 3.05) is 17.2 Å². The Kier molecular flexibility index (Phi) is 7.15. The Morgan fingerprint density at radius 2 is 1.91 bits per heavy atom. The quantitative estimate of drug-likeness (QED) is 0.220. The van der Waals surface area contributed by atoms with Crippen molar-refractivity contribution in [2.24, 2.45) is 11.3 Å². The summed E-state index contributed by atoms with van der Waals surface area (Å²) >= 11 is 6.89. The zero-order chi connectivity index (χ0) is 32.6. The van der Waals surface area contributed by atoms with E-state index < -0.39 is 0 Å². The second-order valence-corrected chi connectivity index (χ2v) is 15.8. The summed E-state index contributed by atoms with van der Waals surface area (Å²) < 4.78 is 1.79. The molecule has 2 bridgehead atoms. The molecule has 46 heavy (non-hydrogen) atoms. The number of rotatable bonds is 8. The standard InChI is InChI=1S/C33H38B3ClN8O/c1-31(2,3)17-40-27-19(14-38)15-39-28-24(27)9-20(10-25(28)37)41-29(26-16-45(43-42-26)32-11-18(12-32)13-32)22-5-4-6-23-21(22)7-8-44(30(23)46)33(34,35)36/h4-10,15-16,18,29,41-43H,11-13,17,34-36H2,1-3H3,(H,39,40)/t18?,29-,32?/m0/s1. The van der Waals surface area contributed by atoms with Crippen LogP contribution in [0.3, 0.4) is 0 Å². The lowest BCUT2D eigenvalue weighted by Crippen LogP contribution is -2.69. The fraction of sp³-hybridized carbons (Fsp3) is 0.364. The number of nitrogens with zero attached hydrogens (tertiary/aromatic N) is 4. The fourth-order valence-electron chi connectivity index (χ4n) is 7.00. The second kappa shape index (κ2) is 10.7. The SMILES string of the molecule is BC(B)(B)n1ccc2c([C@H](Nc3cc(Cl)c4ncc(C#N)c(NCC(C)(C)C)c4c3)C3=CN(C45CC(C4)C5)NN3)cccc2c1=O. The van der Waals surface area contributed by atoms with Gasteiger partial charge in [-0.3, -0.25) is 14.8 Å². The van der Waals surface area contributed by atoms with Crippen LogP contribution in [0.5, 0.6) is 0 Å². The first-order valence-corrected chi connectivity index (χ1v) is 16.3. The number of halogens is 1. The predicted octanol–water partition coefficient (Wildman–Crippen LogP) is 2.87. The number of fused-ring (bicyclic) bond motifs is 2. The van der Waals surface area contributed by atoms with Crippen LogP contribution >= 0.6 is 11.6 Å². The van der Waals surface area contributed by atoms with Gasteiger partial charge in [0, 0.05) is 41.6 Å². The topological polar surface area (TPSA) is 110 Å². The highest BCUT2D eigenvalue weighted by molar-refractivity contribution is 6.56. The van der Waals surface area contributed by atoms with Gasteiger partial charge in [0.25, 0.3) is 5.56 Å². The molecular formula is C33H38B3ClN8O. The Morgan fingerprint density at radius 1 is 1.15 bits per heavy atom. The number of anilines is 2. The molecule has 3 heterocycles. The number of nitriles is 1. The lowest BCUT2D eigenvalue weighted by molar-refractivity contribution is -0.141. The van der Waals surface area contributed by atoms with Crippen molar-refractivity contribution in [3.63, 3.8) is 0 Å². The van der Waals surface area contributed by atoms with Gasteiger partial charge in [-0.2, -0.15) is 5.26 Å². The molecule has 0 unspecified atom stereocenters. The van der Waals surface area contributed by atoms with Crippen molar-refractivity contribution in [3.8, 4) is 6.07 Å². The minimum Gasteiger partial charge on any atom is -0.383 e. The molecule has 4 aromatic rings. The Morgan fingerprint density at radius 3 is 2.57 bits per heavy atom. The first-order valence-electron chi connectivity index (χ1n) is 16.0. The molecule has 0 radical (unpaired) electrons. The van der Waals surface area contributed by atoms with Gasteiger partial charge >= 0.3 is 0 Å². The van der Waals surface area contributed by atoms with Crippen LogP contribution in [0.1, 0.15) is 57.2 Å².